The zero-order valence-electron chi connectivity index (χ0n) is 16.3. The Morgan fingerprint density at radius 3 is 1.61 bits per heavy atom. The van der Waals surface area contributed by atoms with Crippen molar-refractivity contribution < 1.29 is 4.43 Å². The van der Waals surface area contributed by atoms with E-state index in [4.69, 9.17) is 4.43 Å². The molecule has 128 valence electrons. The molecule has 0 fully saturated rings. The number of hydrogen-bond acceptors (Lipinski definition) is 2. The number of nitriles is 1. The predicted molar refractivity (Wildman–Crippen MR) is 109 cm³/mol. The van der Waals surface area contributed by atoms with Gasteiger partial charge in [0.05, 0.1) is 33.0 Å². The lowest BCUT2D eigenvalue weighted by Crippen LogP contribution is -2.58. The maximum absolute atomic E-state index is 10.4. The summed E-state index contributed by atoms with van der Waals surface area (Å²) in [5.74, 6) is 0. The molecule has 0 heterocycles. The van der Waals surface area contributed by atoms with Gasteiger partial charge >= 0.3 is 0 Å². The van der Waals surface area contributed by atoms with E-state index in [-0.39, 0.29) is 10.8 Å². The van der Waals surface area contributed by atoms with Crippen LogP contribution in [0.5, 0.6) is 0 Å². The van der Waals surface area contributed by atoms with Gasteiger partial charge < -0.3 is 4.43 Å². The molecular weight excluding hydrogens is 330 g/mol. The minimum absolute atomic E-state index is 0.112. The van der Waals surface area contributed by atoms with Crippen molar-refractivity contribution in [1.82, 2.24) is 0 Å². The van der Waals surface area contributed by atoms with Crippen molar-refractivity contribution in [2.75, 3.05) is 0 Å². The monoisotopic (exact) mass is 363 g/mol. The van der Waals surface area contributed by atoms with Crippen molar-refractivity contribution in [2.24, 2.45) is 0 Å². The van der Waals surface area contributed by atoms with Gasteiger partial charge in [0.1, 0.15) is 0 Å². The van der Waals surface area contributed by atoms with Gasteiger partial charge in [0, 0.05) is 0 Å². The van der Waals surface area contributed by atoms with Crippen molar-refractivity contribution in [3.8, 4) is 6.07 Å². The molecule has 1 aromatic carbocycles. The summed E-state index contributed by atoms with van der Waals surface area (Å²) < 4.78 is 6.36. The van der Waals surface area contributed by atoms with E-state index in [0.717, 1.165) is 0 Å². The average Bonchev–Trinajstić information content (AvgIpc) is 2.35. The Hall–Kier alpha value is -0.679. The third-order valence-corrected chi connectivity index (χ3v) is 15.4. The van der Waals surface area contributed by atoms with Crippen molar-refractivity contribution in [1.29, 1.82) is 5.26 Å². The minimum Gasteiger partial charge on any atom is -0.410 e. The van der Waals surface area contributed by atoms with E-state index < -0.39 is 24.5 Å². The molecule has 0 aromatic heterocycles. The normalized spacial score (nSPS) is 15.1. The van der Waals surface area contributed by atoms with Crippen molar-refractivity contribution in [3.05, 3.63) is 35.9 Å². The summed E-state index contributed by atoms with van der Waals surface area (Å²) in [5, 5.41) is 10.4. The third-order valence-electron chi connectivity index (χ3n) is 4.51. The first-order chi connectivity index (χ1) is 10.3. The first-order valence-electron chi connectivity index (χ1n) is 8.40. The summed E-state index contributed by atoms with van der Waals surface area (Å²) in [6.07, 6.45) is -0.112. The van der Waals surface area contributed by atoms with E-state index in [2.05, 4.69) is 89.3 Å². The lowest BCUT2D eigenvalue weighted by Gasteiger charge is -2.52. The van der Waals surface area contributed by atoms with Crippen LogP contribution in [0.3, 0.4) is 0 Å². The number of nitrogens with zero attached hydrogens (tertiary/aromatic N) is 1. The molecule has 0 aliphatic carbocycles. The third kappa shape index (κ3) is 4.24. The van der Waals surface area contributed by atoms with Crippen LogP contribution in [0.25, 0.3) is 0 Å². The maximum atomic E-state index is 10.4. The molecule has 0 aliphatic rings. The average molecular weight is 364 g/mol. The first-order valence-corrected chi connectivity index (χ1v) is 18.8. The standard InChI is InChI=1S/C18H33NOSi3/c1-21(2,3)18(15-19,22(4,5)6)17(20-23(7,8)9)16-13-11-10-12-14-16/h10-14,17H,1-9H3. The summed E-state index contributed by atoms with van der Waals surface area (Å²) in [7, 11) is -5.43. The van der Waals surface area contributed by atoms with Crippen molar-refractivity contribution >= 4 is 24.5 Å². The Labute approximate surface area is 146 Å². The molecule has 0 amide bonds. The quantitative estimate of drug-likeness (QED) is 0.575. The molecule has 2 nitrogen and oxygen atoms in total. The Morgan fingerprint density at radius 2 is 1.30 bits per heavy atom. The molecule has 1 aromatic rings. The van der Waals surface area contributed by atoms with E-state index in [1.165, 1.54) is 5.56 Å². The lowest BCUT2D eigenvalue weighted by molar-refractivity contribution is 0.184. The summed E-state index contributed by atoms with van der Waals surface area (Å²) in [4.78, 5) is 0. The van der Waals surface area contributed by atoms with Gasteiger partial charge in [-0.15, -0.1) is 0 Å². The van der Waals surface area contributed by atoms with Gasteiger partial charge in [0.15, 0.2) is 8.32 Å². The highest BCUT2D eigenvalue weighted by molar-refractivity contribution is 7.00. The fourth-order valence-corrected chi connectivity index (χ4v) is 16.6. The van der Waals surface area contributed by atoms with Crippen LogP contribution in [0.15, 0.2) is 30.3 Å². The lowest BCUT2D eigenvalue weighted by atomic mass is 10.1. The Kier molecular flexibility index (Phi) is 5.91. The fraction of sp³-hybridized carbons (Fsp3) is 0.611. The second-order valence-electron chi connectivity index (χ2n) is 9.44. The molecule has 0 aliphatic heterocycles. The molecule has 0 bridgehead atoms. The molecule has 23 heavy (non-hydrogen) atoms. The van der Waals surface area contributed by atoms with Crippen LogP contribution < -0.4 is 0 Å². The SMILES string of the molecule is C[Si](C)(C)OC(c1ccccc1)C(C#N)([Si](C)(C)C)[Si](C)(C)C. The van der Waals surface area contributed by atoms with Crippen LogP contribution in [-0.2, 0) is 4.43 Å². The smallest absolute Gasteiger partial charge is 0.184 e. The number of benzene rings is 1. The highest BCUT2D eigenvalue weighted by atomic mass is 28.4. The van der Waals surface area contributed by atoms with Gasteiger partial charge in [-0.2, -0.15) is 5.26 Å². The van der Waals surface area contributed by atoms with Crippen molar-refractivity contribution in [3.63, 3.8) is 0 Å². The van der Waals surface area contributed by atoms with Gasteiger partial charge in [0.2, 0.25) is 0 Å². The molecule has 1 atom stereocenters. The topological polar surface area (TPSA) is 33.0 Å². The fourth-order valence-electron chi connectivity index (χ4n) is 3.69. The molecule has 0 saturated carbocycles. The maximum Gasteiger partial charge on any atom is 0.184 e. The minimum atomic E-state index is -1.82. The largest absolute Gasteiger partial charge is 0.410 e. The van der Waals surface area contributed by atoms with Crippen molar-refractivity contribution in [2.45, 2.75) is 69.7 Å². The van der Waals surface area contributed by atoms with Crippen LogP contribution >= 0.6 is 0 Å². The second-order valence-corrected chi connectivity index (χ2v) is 25.0. The van der Waals surface area contributed by atoms with Crippen LogP contribution in [0.4, 0.5) is 0 Å². The number of hydrogen-bond donors (Lipinski definition) is 0. The second kappa shape index (κ2) is 6.67. The van der Waals surface area contributed by atoms with Crippen LogP contribution in [0.2, 0.25) is 63.6 Å². The molecule has 1 unspecified atom stereocenters. The molecule has 1 rings (SSSR count). The number of rotatable bonds is 6. The predicted octanol–water partition coefficient (Wildman–Crippen LogP) is 6.06. The molecule has 0 spiro atoms. The highest BCUT2D eigenvalue weighted by Crippen LogP contribution is 2.57. The molecule has 5 heteroatoms. The Morgan fingerprint density at radius 1 is 0.870 bits per heavy atom. The highest BCUT2D eigenvalue weighted by Gasteiger charge is 2.59. The van der Waals surface area contributed by atoms with E-state index in [1.54, 1.807) is 0 Å². The molecular formula is C18H33NOSi3. The first kappa shape index (κ1) is 20.4. The van der Waals surface area contributed by atoms with Gasteiger partial charge in [0.25, 0.3) is 0 Å². The zero-order chi connectivity index (χ0) is 18.1. The Balaban J connectivity index is 3.68. The van der Waals surface area contributed by atoms with Crippen LogP contribution in [0, 0.1) is 11.3 Å². The summed E-state index contributed by atoms with van der Waals surface area (Å²) >= 11 is 0. The van der Waals surface area contributed by atoms with Gasteiger partial charge in [-0.05, 0) is 25.2 Å². The Bertz CT molecular complexity index is 545. The molecule has 0 N–H and O–H groups in total. The van der Waals surface area contributed by atoms with E-state index in [9.17, 15) is 5.26 Å². The van der Waals surface area contributed by atoms with Crippen LogP contribution in [0.1, 0.15) is 11.7 Å². The zero-order valence-corrected chi connectivity index (χ0v) is 19.3. The summed E-state index contributed by atoms with van der Waals surface area (Å²) in [6, 6.07) is 13.3. The molecule has 0 saturated heterocycles. The summed E-state index contributed by atoms with van der Waals surface area (Å²) in [6.45, 7) is 20.7. The van der Waals surface area contributed by atoms with Gasteiger partial charge in [-0.3, -0.25) is 0 Å². The molecule has 0 radical (unpaired) electrons. The van der Waals surface area contributed by atoms with E-state index >= 15 is 0 Å². The van der Waals surface area contributed by atoms with E-state index in [0.29, 0.717) is 0 Å². The van der Waals surface area contributed by atoms with Crippen LogP contribution in [-0.4, -0.2) is 24.5 Å². The van der Waals surface area contributed by atoms with Gasteiger partial charge in [-0.1, -0.05) is 69.6 Å². The summed E-state index contributed by atoms with van der Waals surface area (Å²) in [5.41, 5.74) is 1.17. The van der Waals surface area contributed by atoms with Gasteiger partial charge in [-0.25, -0.2) is 0 Å². The van der Waals surface area contributed by atoms with E-state index in [1.807, 2.05) is 6.07 Å².